The number of rotatable bonds is 7. The molecule has 0 radical (unpaired) electrons. The van der Waals surface area contributed by atoms with E-state index < -0.39 is 0 Å². The molecule has 8 heteroatoms. The number of ether oxygens (including phenoxy) is 1. The summed E-state index contributed by atoms with van der Waals surface area (Å²) in [6, 6.07) is 12.7. The minimum absolute atomic E-state index is 0.315. The lowest BCUT2D eigenvalue weighted by Crippen LogP contribution is -2.11. The Bertz CT molecular complexity index is 1150. The number of nitrogens with zero attached hydrogens (tertiary/aromatic N) is 4. The summed E-state index contributed by atoms with van der Waals surface area (Å²) in [5.74, 6) is 2.20. The van der Waals surface area contributed by atoms with Crippen LogP contribution in [0.1, 0.15) is 18.1 Å². The molecule has 31 heavy (non-hydrogen) atoms. The molecule has 0 bridgehead atoms. The number of furan rings is 1. The third-order valence-electron chi connectivity index (χ3n) is 4.56. The first-order valence-corrected chi connectivity index (χ1v) is 9.75. The van der Waals surface area contributed by atoms with Gasteiger partial charge in [-0.05, 0) is 54.0 Å². The Morgan fingerprint density at radius 3 is 2.84 bits per heavy atom. The van der Waals surface area contributed by atoms with Crippen molar-refractivity contribution in [1.82, 2.24) is 19.7 Å². The maximum Gasteiger partial charge on any atom is 0.249 e. The first-order valence-electron chi connectivity index (χ1n) is 9.75. The van der Waals surface area contributed by atoms with Crippen LogP contribution < -0.4 is 10.1 Å². The van der Waals surface area contributed by atoms with Crippen molar-refractivity contribution < 1.29 is 13.9 Å². The molecule has 0 aliphatic rings. The molecule has 0 atom stereocenters. The van der Waals surface area contributed by atoms with E-state index in [1.54, 1.807) is 60.8 Å². The second-order valence-corrected chi connectivity index (χ2v) is 6.61. The number of hydrogen-bond donors (Lipinski definition) is 1. The van der Waals surface area contributed by atoms with Crippen LogP contribution in [0.5, 0.6) is 5.75 Å². The normalized spacial score (nSPS) is 11.0. The van der Waals surface area contributed by atoms with E-state index >= 15 is 0 Å². The number of methoxy groups -OCH3 is 1. The van der Waals surface area contributed by atoms with Crippen LogP contribution in [0.2, 0.25) is 0 Å². The van der Waals surface area contributed by atoms with Gasteiger partial charge in [-0.25, -0.2) is 14.6 Å². The molecule has 1 aromatic carbocycles. The SMILES string of the molecule is CCc1cc(/C=C/C(=O)Nc2cc(-n3cccn3)nc(-c3ccco3)n2)ccc1OC. The number of hydrogen-bond acceptors (Lipinski definition) is 6. The number of aromatic nitrogens is 4. The molecule has 0 aliphatic heterocycles. The highest BCUT2D eigenvalue weighted by atomic mass is 16.5. The topological polar surface area (TPSA) is 95.1 Å². The molecule has 3 aromatic heterocycles. The Morgan fingerprint density at radius 1 is 1.23 bits per heavy atom. The zero-order chi connectivity index (χ0) is 21.6. The number of carbonyl (C=O) groups is 1. The fraction of sp³-hybridized carbons (Fsp3) is 0.130. The molecule has 0 saturated carbocycles. The molecule has 4 rings (SSSR count). The third kappa shape index (κ3) is 4.69. The lowest BCUT2D eigenvalue weighted by Gasteiger charge is -2.08. The van der Waals surface area contributed by atoms with Crippen LogP contribution in [-0.4, -0.2) is 32.8 Å². The van der Waals surface area contributed by atoms with Crippen LogP contribution in [0.3, 0.4) is 0 Å². The zero-order valence-corrected chi connectivity index (χ0v) is 17.1. The van der Waals surface area contributed by atoms with Crippen molar-refractivity contribution in [2.24, 2.45) is 0 Å². The Labute approximate surface area is 179 Å². The van der Waals surface area contributed by atoms with Gasteiger partial charge in [0.1, 0.15) is 11.6 Å². The van der Waals surface area contributed by atoms with E-state index in [9.17, 15) is 4.79 Å². The van der Waals surface area contributed by atoms with Gasteiger partial charge in [0.25, 0.3) is 0 Å². The van der Waals surface area contributed by atoms with E-state index in [1.807, 2.05) is 18.2 Å². The summed E-state index contributed by atoms with van der Waals surface area (Å²) in [6.45, 7) is 2.06. The molecule has 0 unspecified atom stereocenters. The fourth-order valence-corrected chi connectivity index (χ4v) is 3.05. The third-order valence-corrected chi connectivity index (χ3v) is 4.56. The number of nitrogens with one attached hydrogen (secondary N) is 1. The maximum absolute atomic E-state index is 12.5. The quantitative estimate of drug-likeness (QED) is 0.456. The molecule has 4 aromatic rings. The highest BCUT2D eigenvalue weighted by Gasteiger charge is 2.12. The van der Waals surface area contributed by atoms with Crippen LogP contribution in [0, 0.1) is 0 Å². The van der Waals surface area contributed by atoms with Gasteiger partial charge in [0, 0.05) is 24.5 Å². The molecule has 156 valence electrons. The second-order valence-electron chi connectivity index (χ2n) is 6.61. The smallest absolute Gasteiger partial charge is 0.249 e. The van der Waals surface area contributed by atoms with Gasteiger partial charge in [0.05, 0.1) is 13.4 Å². The van der Waals surface area contributed by atoms with Gasteiger partial charge in [-0.3, -0.25) is 4.79 Å². The molecule has 8 nitrogen and oxygen atoms in total. The Morgan fingerprint density at radius 2 is 2.13 bits per heavy atom. The average Bonchev–Trinajstić information content (AvgIpc) is 3.52. The summed E-state index contributed by atoms with van der Waals surface area (Å²) in [6.07, 6.45) is 8.99. The van der Waals surface area contributed by atoms with Crippen LogP contribution in [0.25, 0.3) is 23.5 Å². The summed E-state index contributed by atoms with van der Waals surface area (Å²) >= 11 is 0. The summed E-state index contributed by atoms with van der Waals surface area (Å²) in [5, 5.41) is 6.98. The molecule has 1 amide bonds. The van der Waals surface area contributed by atoms with E-state index in [0.29, 0.717) is 23.2 Å². The number of amides is 1. The van der Waals surface area contributed by atoms with E-state index in [-0.39, 0.29) is 5.91 Å². The predicted molar refractivity (Wildman–Crippen MR) is 117 cm³/mol. The molecule has 0 fully saturated rings. The van der Waals surface area contributed by atoms with Crippen LogP contribution in [-0.2, 0) is 11.2 Å². The summed E-state index contributed by atoms with van der Waals surface area (Å²) in [7, 11) is 1.65. The van der Waals surface area contributed by atoms with Crippen molar-refractivity contribution in [3.63, 3.8) is 0 Å². The van der Waals surface area contributed by atoms with Gasteiger partial charge < -0.3 is 14.5 Å². The van der Waals surface area contributed by atoms with Crippen LogP contribution in [0.15, 0.2) is 71.6 Å². The first-order chi connectivity index (χ1) is 15.2. The minimum atomic E-state index is -0.315. The standard InChI is InChI=1S/C23H21N5O3/c1-3-17-14-16(7-9-18(17)30-2)8-10-22(29)25-20-15-21(28-12-5-11-24-28)27-23(26-20)19-6-4-13-31-19/h4-15H,3H2,1-2H3,(H,25,26,27,29)/b10-8+. The van der Waals surface area contributed by atoms with Gasteiger partial charge in [-0.1, -0.05) is 13.0 Å². The van der Waals surface area contributed by atoms with Crippen LogP contribution in [0.4, 0.5) is 5.82 Å². The number of aryl methyl sites for hydroxylation is 1. The van der Waals surface area contributed by atoms with Gasteiger partial charge in [0.2, 0.25) is 5.91 Å². The van der Waals surface area contributed by atoms with Crippen molar-refractivity contribution in [3.05, 3.63) is 78.3 Å². The van der Waals surface area contributed by atoms with Crippen molar-refractivity contribution in [2.45, 2.75) is 13.3 Å². The highest BCUT2D eigenvalue weighted by Crippen LogP contribution is 2.22. The van der Waals surface area contributed by atoms with Crippen molar-refractivity contribution in [2.75, 3.05) is 12.4 Å². The molecule has 1 N–H and O–H groups in total. The maximum atomic E-state index is 12.5. The van der Waals surface area contributed by atoms with Crippen molar-refractivity contribution >= 4 is 17.8 Å². The zero-order valence-electron chi connectivity index (χ0n) is 17.1. The minimum Gasteiger partial charge on any atom is -0.496 e. The van der Waals surface area contributed by atoms with Gasteiger partial charge in [-0.2, -0.15) is 5.10 Å². The monoisotopic (exact) mass is 415 g/mol. The molecular formula is C23H21N5O3. The Hall–Kier alpha value is -4.20. The summed E-state index contributed by atoms with van der Waals surface area (Å²) in [4.78, 5) is 21.4. The predicted octanol–water partition coefficient (Wildman–Crippen LogP) is 4.15. The number of benzene rings is 1. The highest BCUT2D eigenvalue weighted by molar-refractivity contribution is 6.01. The molecule has 0 aliphatic carbocycles. The van der Waals surface area contributed by atoms with Gasteiger partial charge in [0.15, 0.2) is 17.4 Å². The van der Waals surface area contributed by atoms with Crippen LogP contribution >= 0.6 is 0 Å². The van der Waals surface area contributed by atoms with Gasteiger partial charge in [-0.15, -0.1) is 0 Å². The fourth-order valence-electron chi connectivity index (χ4n) is 3.05. The lowest BCUT2D eigenvalue weighted by molar-refractivity contribution is -0.111. The summed E-state index contributed by atoms with van der Waals surface area (Å²) < 4.78 is 12.3. The lowest BCUT2D eigenvalue weighted by atomic mass is 10.1. The molecule has 0 saturated heterocycles. The largest absolute Gasteiger partial charge is 0.496 e. The Balaban J connectivity index is 1.57. The van der Waals surface area contributed by atoms with Crippen molar-refractivity contribution in [3.8, 4) is 23.2 Å². The van der Waals surface area contributed by atoms with Crippen molar-refractivity contribution in [1.29, 1.82) is 0 Å². The first kappa shape index (κ1) is 20.1. The number of anilines is 1. The molecular weight excluding hydrogens is 394 g/mol. The molecule has 3 heterocycles. The average molecular weight is 415 g/mol. The van der Waals surface area contributed by atoms with E-state index in [2.05, 4.69) is 27.3 Å². The molecule has 0 spiro atoms. The van der Waals surface area contributed by atoms with E-state index in [4.69, 9.17) is 9.15 Å². The second kappa shape index (κ2) is 9.08. The Kier molecular flexibility index (Phi) is 5.89. The number of carbonyl (C=O) groups excluding carboxylic acids is 1. The van der Waals surface area contributed by atoms with E-state index in [1.165, 1.54) is 6.08 Å². The van der Waals surface area contributed by atoms with E-state index in [0.717, 1.165) is 23.3 Å². The summed E-state index contributed by atoms with van der Waals surface area (Å²) in [5.41, 5.74) is 1.98. The van der Waals surface area contributed by atoms with Gasteiger partial charge >= 0.3 is 0 Å².